The van der Waals surface area contributed by atoms with Gasteiger partial charge >= 0.3 is 5.97 Å². The third-order valence-corrected chi connectivity index (χ3v) is 1.61. The van der Waals surface area contributed by atoms with Crippen molar-refractivity contribution in [1.82, 2.24) is 0 Å². The highest BCUT2D eigenvalue weighted by Crippen LogP contribution is 2.14. The van der Waals surface area contributed by atoms with Gasteiger partial charge in [-0.15, -0.1) is 0 Å². The van der Waals surface area contributed by atoms with Crippen molar-refractivity contribution in [1.29, 1.82) is 0 Å². The van der Waals surface area contributed by atoms with Gasteiger partial charge in [-0.2, -0.15) is 0 Å². The Balaban J connectivity index is 2.55. The maximum absolute atomic E-state index is 10.3. The lowest BCUT2D eigenvalue weighted by atomic mass is 10.0. The van der Waals surface area contributed by atoms with Crippen molar-refractivity contribution in [3.8, 4) is 0 Å². The summed E-state index contributed by atoms with van der Waals surface area (Å²) in [5.74, 6) is -1.01. The van der Waals surface area contributed by atoms with Gasteiger partial charge in [0.15, 0.2) is 0 Å². The first-order chi connectivity index (χ1) is 4.22. The van der Waals surface area contributed by atoms with Crippen LogP contribution in [0.1, 0.15) is 6.42 Å². The maximum atomic E-state index is 10.3. The molecule has 0 amide bonds. The molecule has 0 spiro atoms. The van der Waals surface area contributed by atoms with Crippen molar-refractivity contribution >= 4 is 5.97 Å². The van der Waals surface area contributed by atoms with E-state index in [0.29, 0.717) is 6.42 Å². The van der Waals surface area contributed by atoms with Crippen LogP contribution >= 0.6 is 0 Å². The van der Waals surface area contributed by atoms with E-state index >= 15 is 0 Å². The quantitative estimate of drug-likeness (QED) is 0.457. The van der Waals surface area contributed by atoms with E-state index in [2.05, 4.69) is 5.73 Å². The first kappa shape index (κ1) is 6.29. The molecule has 1 aliphatic carbocycles. The molecule has 2 atom stereocenters. The van der Waals surface area contributed by atoms with Gasteiger partial charge in [-0.3, -0.25) is 4.79 Å². The van der Waals surface area contributed by atoms with Crippen LogP contribution in [-0.4, -0.2) is 17.1 Å². The zero-order chi connectivity index (χ0) is 6.85. The normalized spacial score (nSPS) is 33.0. The van der Waals surface area contributed by atoms with E-state index in [4.69, 9.17) is 5.11 Å². The molecule has 1 rings (SSSR count). The summed E-state index contributed by atoms with van der Waals surface area (Å²) in [6.07, 6.45) is 4.36. The summed E-state index contributed by atoms with van der Waals surface area (Å²) in [5, 5.41) is 8.50. The summed E-state index contributed by atoms with van der Waals surface area (Å²) >= 11 is 0. The first-order valence-electron chi connectivity index (χ1n) is 2.94. The Morgan fingerprint density at radius 1 is 1.78 bits per heavy atom. The summed E-state index contributed by atoms with van der Waals surface area (Å²) in [7, 11) is 0. The Labute approximate surface area is 53.2 Å². The van der Waals surface area contributed by atoms with E-state index in [1.165, 1.54) is 0 Å². The van der Waals surface area contributed by atoms with Gasteiger partial charge in [0.25, 0.3) is 0 Å². The van der Waals surface area contributed by atoms with Gasteiger partial charge in [-0.05, 0) is 12.5 Å². The van der Waals surface area contributed by atoms with Crippen LogP contribution in [0.4, 0.5) is 0 Å². The third-order valence-electron chi connectivity index (χ3n) is 1.61. The van der Waals surface area contributed by atoms with Crippen LogP contribution in [0.3, 0.4) is 0 Å². The minimum Gasteiger partial charge on any atom is -0.481 e. The van der Waals surface area contributed by atoms with Gasteiger partial charge in [0, 0.05) is 0 Å². The summed E-state index contributed by atoms with van der Waals surface area (Å²) in [6, 6.07) is -0.0255. The van der Waals surface area contributed by atoms with E-state index in [1.54, 1.807) is 0 Å². The fourth-order valence-electron chi connectivity index (χ4n) is 0.993. The molecule has 0 heterocycles. The number of carboxylic acid groups (broad SMARTS) is 1. The Morgan fingerprint density at radius 3 is 2.67 bits per heavy atom. The van der Waals surface area contributed by atoms with Crippen LogP contribution in [0.15, 0.2) is 12.2 Å². The highest BCUT2D eigenvalue weighted by molar-refractivity contribution is 5.71. The van der Waals surface area contributed by atoms with Crippen LogP contribution in [0, 0.1) is 5.92 Å². The van der Waals surface area contributed by atoms with Gasteiger partial charge < -0.3 is 10.8 Å². The van der Waals surface area contributed by atoms with Crippen LogP contribution in [0.25, 0.3) is 0 Å². The van der Waals surface area contributed by atoms with Crippen molar-refractivity contribution in [2.24, 2.45) is 5.92 Å². The van der Waals surface area contributed by atoms with E-state index in [0.717, 1.165) is 0 Å². The average Bonchev–Trinajstić information content (AvgIpc) is 2.13. The molecule has 0 fully saturated rings. The Bertz CT molecular complexity index is 153. The molecular formula is C6H10NO2+. The van der Waals surface area contributed by atoms with Crippen molar-refractivity contribution < 1.29 is 15.6 Å². The fourth-order valence-corrected chi connectivity index (χ4v) is 0.993. The molecule has 0 bridgehead atoms. The number of aliphatic carboxylic acids is 1. The molecule has 4 N–H and O–H groups in total. The number of carbonyl (C=O) groups is 1. The summed E-state index contributed by atoms with van der Waals surface area (Å²) in [6.45, 7) is 0. The number of carboxylic acids is 1. The molecule has 0 radical (unpaired) electrons. The minimum absolute atomic E-state index is 0.0255. The summed E-state index contributed by atoms with van der Waals surface area (Å²) in [5.41, 5.74) is 3.67. The highest BCUT2D eigenvalue weighted by Gasteiger charge is 2.28. The minimum atomic E-state index is -0.736. The van der Waals surface area contributed by atoms with E-state index in [-0.39, 0.29) is 12.0 Å². The van der Waals surface area contributed by atoms with E-state index < -0.39 is 5.97 Å². The first-order valence-corrected chi connectivity index (χ1v) is 2.94. The van der Waals surface area contributed by atoms with Gasteiger partial charge in [0.05, 0.1) is 0 Å². The Morgan fingerprint density at radius 2 is 2.44 bits per heavy atom. The van der Waals surface area contributed by atoms with Gasteiger partial charge in [-0.1, -0.05) is 6.08 Å². The number of rotatable bonds is 1. The molecule has 9 heavy (non-hydrogen) atoms. The van der Waals surface area contributed by atoms with E-state index in [1.807, 2.05) is 12.2 Å². The molecule has 3 heteroatoms. The lowest BCUT2D eigenvalue weighted by Crippen LogP contribution is -2.63. The fraction of sp³-hybridized carbons (Fsp3) is 0.500. The third kappa shape index (κ3) is 1.10. The maximum Gasteiger partial charge on any atom is 0.313 e. The smallest absolute Gasteiger partial charge is 0.313 e. The highest BCUT2D eigenvalue weighted by atomic mass is 16.4. The van der Waals surface area contributed by atoms with Crippen molar-refractivity contribution in [2.45, 2.75) is 12.5 Å². The number of hydrogen-bond donors (Lipinski definition) is 2. The molecule has 50 valence electrons. The molecule has 0 aromatic rings. The van der Waals surface area contributed by atoms with Gasteiger partial charge in [0.1, 0.15) is 12.0 Å². The lowest BCUT2D eigenvalue weighted by Gasteiger charge is -2.04. The summed E-state index contributed by atoms with van der Waals surface area (Å²) < 4.78 is 0. The van der Waals surface area contributed by atoms with E-state index in [9.17, 15) is 4.79 Å². The molecule has 3 nitrogen and oxygen atoms in total. The Hall–Kier alpha value is -0.830. The van der Waals surface area contributed by atoms with Gasteiger partial charge in [0.2, 0.25) is 0 Å². The number of hydrogen-bond acceptors (Lipinski definition) is 1. The average molecular weight is 128 g/mol. The second-order valence-electron chi connectivity index (χ2n) is 2.27. The zero-order valence-corrected chi connectivity index (χ0v) is 5.08. The molecule has 0 aromatic carbocycles. The second-order valence-corrected chi connectivity index (χ2v) is 2.27. The monoisotopic (exact) mass is 128 g/mol. The van der Waals surface area contributed by atoms with Crippen LogP contribution in [0.5, 0.6) is 0 Å². The van der Waals surface area contributed by atoms with Crippen molar-refractivity contribution in [3.05, 3.63) is 12.2 Å². The molecule has 0 aliphatic heterocycles. The molecular weight excluding hydrogens is 118 g/mol. The van der Waals surface area contributed by atoms with Gasteiger partial charge in [-0.25, -0.2) is 0 Å². The summed E-state index contributed by atoms with van der Waals surface area (Å²) in [4.78, 5) is 10.3. The largest absolute Gasteiger partial charge is 0.481 e. The second kappa shape index (κ2) is 2.19. The van der Waals surface area contributed by atoms with Crippen molar-refractivity contribution in [3.63, 3.8) is 0 Å². The Kier molecular flexibility index (Phi) is 1.53. The molecule has 0 unspecified atom stereocenters. The SMILES string of the molecule is [NH3+][C@H]1C=CC[C@H]1C(=O)O. The number of quaternary nitrogens is 1. The molecule has 1 aliphatic rings. The molecule has 0 aromatic heterocycles. The topological polar surface area (TPSA) is 64.9 Å². The standard InChI is InChI=1S/C6H9NO2/c7-5-3-1-2-4(5)6(8)9/h1,3-5H,2,7H2,(H,8,9)/p+1/t4-,5+/m1/s1. The van der Waals surface area contributed by atoms with Crippen LogP contribution < -0.4 is 5.73 Å². The van der Waals surface area contributed by atoms with Crippen molar-refractivity contribution in [2.75, 3.05) is 0 Å². The zero-order valence-electron chi connectivity index (χ0n) is 5.08. The van der Waals surface area contributed by atoms with Crippen LogP contribution in [-0.2, 0) is 4.79 Å². The predicted octanol–water partition coefficient (Wildman–Crippen LogP) is -0.742. The van der Waals surface area contributed by atoms with Crippen LogP contribution in [0.2, 0.25) is 0 Å². The lowest BCUT2D eigenvalue weighted by molar-refractivity contribution is -0.410. The number of allylic oxidation sites excluding steroid dienone is 1. The predicted molar refractivity (Wildman–Crippen MR) is 31.6 cm³/mol. The molecule has 0 saturated carbocycles. The molecule has 0 saturated heterocycles.